The van der Waals surface area contributed by atoms with Gasteiger partial charge in [0.15, 0.2) is 0 Å². The van der Waals surface area contributed by atoms with E-state index in [1.165, 1.54) is 13.1 Å². The quantitative estimate of drug-likeness (QED) is 0.572. The number of carbonyl (C=O) groups is 1. The van der Waals surface area contributed by atoms with Crippen molar-refractivity contribution in [2.45, 2.75) is 37.3 Å². The number of alkyl halides is 6. The molecular formula is C16H18F6N3O2+. The summed E-state index contributed by atoms with van der Waals surface area (Å²) in [4.78, 5) is 15.5. The molecule has 1 heterocycles. The fourth-order valence-electron chi connectivity index (χ4n) is 2.79. The number of ether oxygens (including phenoxy) is 1. The normalized spacial score (nSPS) is 16.9. The van der Waals surface area contributed by atoms with Crippen LogP contribution in [0.25, 0.3) is 0 Å². The van der Waals surface area contributed by atoms with Gasteiger partial charge in [-0.15, -0.1) is 0 Å². The molecule has 11 heteroatoms. The molecule has 3 N–H and O–H groups in total. The third-order valence-corrected chi connectivity index (χ3v) is 4.13. The first-order valence-electron chi connectivity index (χ1n) is 8.07. The van der Waals surface area contributed by atoms with E-state index >= 15 is 0 Å². The van der Waals surface area contributed by atoms with Crippen molar-refractivity contribution in [1.82, 2.24) is 5.32 Å². The summed E-state index contributed by atoms with van der Waals surface area (Å²) in [5.74, 6) is -0.404. The van der Waals surface area contributed by atoms with Crippen molar-refractivity contribution < 1.29 is 41.2 Å². The molecule has 2 rings (SSSR count). The molecule has 5 nitrogen and oxygen atoms in total. The first kappa shape index (κ1) is 21.0. The number of hydrogen-bond donors (Lipinski definition) is 2. The molecule has 0 saturated heterocycles. The number of amides is 1. The Kier molecular flexibility index (Phi) is 6.03. The maximum absolute atomic E-state index is 13.4. The Labute approximate surface area is 150 Å². The average molecular weight is 398 g/mol. The zero-order valence-corrected chi connectivity index (χ0v) is 14.2. The number of halogens is 6. The second-order valence-electron chi connectivity index (χ2n) is 5.87. The second kappa shape index (κ2) is 7.75. The van der Waals surface area contributed by atoms with E-state index in [4.69, 9.17) is 0 Å². The molecule has 0 spiro atoms. The van der Waals surface area contributed by atoms with Gasteiger partial charge in [0.25, 0.3) is 0 Å². The van der Waals surface area contributed by atoms with Crippen LogP contribution >= 0.6 is 0 Å². The highest BCUT2D eigenvalue weighted by atomic mass is 19.4. The third-order valence-electron chi connectivity index (χ3n) is 4.13. The molecular weight excluding hydrogens is 380 g/mol. The number of carbonyl (C=O) groups excluding carboxylic acids is 1. The van der Waals surface area contributed by atoms with Crippen LogP contribution in [-0.4, -0.2) is 43.5 Å². The van der Waals surface area contributed by atoms with Crippen molar-refractivity contribution in [3.05, 3.63) is 29.8 Å². The molecule has 0 unspecified atom stereocenters. The van der Waals surface area contributed by atoms with E-state index in [1.807, 2.05) is 0 Å². The van der Waals surface area contributed by atoms with Crippen molar-refractivity contribution in [3.63, 3.8) is 0 Å². The lowest BCUT2D eigenvalue weighted by atomic mass is 9.97. The number of fused-ring (bicyclic) bond motifs is 1. The van der Waals surface area contributed by atoms with Crippen LogP contribution in [0.2, 0.25) is 0 Å². The van der Waals surface area contributed by atoms with E-state index in [-0.39, 0.29) is 18.3 Å². The summed E-state index contributed by atoms with van der Waals surface area (Å²) in [7, 11) is 0. The predicted molar refractivity (Wildman–Crippen MR) is 83.7 cm³/mol. The minimum atomic E-state index is -5.79. The number of quaternary nitrogens is 1. The van der Waals surface area contributed by atoms with E-state index in [2.05, 4.69) is 9.73 Å². The maximum atomic E-state index is 13.4. The summed E-state index contributed by atoms with van der Waals surface area (Å²) in [5.41, 5.74) is -3.14. The molecule has 1 aromatic carbocycles. The molecule has 1 aromatic rings. The van der Waals surface area contributed by atoms with Crippen LogP contribution < -0.4 is 10.6 Å². The number of benzene rings is 1. The van der Waals surface area contributed by atoms with Crippen LogP contribution in [0.3, 0.4) is 0 Å². The number of aliphatic imine (C=N–C) groups is 1. The fourth-order valence-corrected chi connectivity index (χ4v) is 2.79. The van der Waals surface area contributed by atoms with Gasteiger partial charge in [0, 0.05) is 18.6 Å². The Morgan fingerprint density at radius 1 is 1.19 bits per heavy atom. The number of nitrogens with zero attached hydrogens (tertiary/aromatic N) is 1. The number of nitrogens with one attached hydrogen (secondary N) is 1. The van der Waals surface area contributed by atoms with Gasteiger partial charge < -0.3 is 10.1 Å². The monoisotopic (exact) mass is 398 g/mol. The summed E-state index contributed by atoms with van der Waals surface area (Å²) in [5, 5.41) is 0.996. The highest BCUT2D eigenvalue weighted by molar-refractivity contribution is 5.80. The predicted octanol–water partition coefficient (Wildman–Crippen LogP) is 3.01. The van der Waals surface area contributed by atoms with E-state index < -0.39 is 36.6 Å². The zero-order valence-electron chi connectivity index (χ0n) is 14.2. The maximum Gasteiger partial charge on any atom is 0.475 e. The van der Waals surface area contributed by atoms with E-state index in [0.717, 1.165) is 10.9 Å². The minimum Gasteiger partial charge on any atom is -0.450 e. The number of rotatable bonds is 6. The van der Waals surface area contributed by atoms with Gasteiger partial charge in [0.1, 0.15) is 0 Å². The average Bonchev–Trinajstić information content (AvgIpc) is 2.95. The number of hydrogen-bond acceptors (Lipinski definition) is 3. The van der Waals surface area contributed by atoms with Gasteiger partial charge in [-0.3, -0.25) is 10.3 Å². The number of alkyl carbamates (subject to hydrolysis) is 1. The standard InChI is InChI=1S/C16H17F6N3O2/c1-2-27-13(26)25-14(15(17,18)19,16(20,21)22)24-8-7-10-9-23-12-6-4-3-5-11(10)12/h3-6,9-10,24H,2,7-8H2,1H3,(H,25,26)/p+1/t10-/m1/s1. The van der Waals surface area contributed by atoms with Gasteiger partial charge in [-0.1, -0.05) is 18.2 Å². The van der Waals surface area contributed by atoms with Crippen molar-refractivity contribution >= 4 is 18.0 Å². The summed E-state index contributed by atoms with van der Waals surface area (Å²) in [6, 6.07) is 6.85. The van der Waals surface area contributed by atoms with Gasteiger partial charge in [-0.25, -0.2) is 4.79 Å². The molecule has 1 atom stereocenters. The molecule has 0 fully saturated rings. The van der Waals surface area contributed by atoms with Crippen LogP contribution in [0.1, 0.15) is 24.8 Å². The largest absolute Gasteiger partial charge is 0.475 e. The highest BCUT2D eigenvalue weighted by Gasteiger charge is 2.76. The van der Waals surface area contributed by atoms with Crippen molar-refractivity contribution in [1.29, 1.82) is 0 Å². The molecule has 27 heavy (non-hydrogen) atoms. The Bertz CT molecular complexity index is 688. The Hall–Kier alpha value is -2.30. The van der Waals surface area contributed by atoms with Gasteiger partial charge in [-0.05, 0) is 18.6 Å². The second-order valence-corrected chi connectivity index (χ2v) is 5.87. The summed E-state index contributed by atoms with van der Waals surface area (Å²) in [6.45, 7) is 0.340. The summed E-state index contributed by atoms with van der Waals surface area (Å²) < 4.78 is 84.4. The lowest BCUT2D eigenvalue weighted by molar-refractivity contribution is -0.784. The van der Waals surface area contributed by atoms with Gasteiger partial charge in [-0.2, -0.15) is 26.3 Å². The van der Waals surface area contributed by atoms with Crippen molar-refractivity contribution in [2.75, 3.05) is 13.2 Å². The zero-order chi connectivity index (χ0) is 20.3. The van der Waals surface area contributed by atoms with Gasteiger partial charge >= 0.3 is 24.1 Å². The molecule has 0 radical (unpaired) electrons. The van der Waals surface area contributed by atoms with Crippen LogP contribution in [0.15, 0.2) is 29.3 Å². The van der Waals surface area contributed by atoms with Crippen LogP contribution in [0.4, 0.5) is 36.8 Å². The van der Waals surface area contributed by atoms with Gasteiger partial charge in [0.2, 0.25) is 0 Å². The van der Waals surface area contributed by atoms with E-state index in [1.54, 1.807) is 24.3 Å². The smallest absolute Gasteiger partial charge is 0.450 e. The van der Waals surface area contributed by atoms with Crippen LogP contribution in [-0.2, 0) is 4.74 Å². The Morgan fingerprint density at radius 2 is 1.81 bits per heavy atom. The molecule has 1 aliphatic heterocycles. The summed E-state index contributed by atoms with van der Waals surface area (Å²) in [6.07, 6.45) is -11.9. The topological polar surface area (TPSA) is 67.3 Å². The lowest BCUT2D eigenvalue weighted by Gasteiger charge is -2.34. The molecule has 150 valence electrons. The minimum absolute atomic E-state index is 0.0288. The first-order chi connectivity index (χ1) is 12.5. The highest BCUT2D eigenvalue weighted by Crippen LogP contribution is 2.39. The van der Waals surface area contributed by atoms with Crippen LogP contribution in [0.5, 0.6) is 0 Å². The Balaban J connectivity index is 2.17. The Morgan fingerprint density at radius 3 is 2.41 bits per heavy atom. The molecule has 1 amide bonds. The first-order valence-corrected chi connectivity index (χ1v) is 8.07. The van der Waals surface area contributed by atoms with Crippen molar-refractivity contribution in [3.8, 4) is 0 Å². The third kappa shape index (κ3) is 4.34. The molecule has 0 saturated carbocycles. The number of para-hydroxylation sites is 1. The lowest BCUT2D eigenvalue weighted by Crippen LogP contribution is -3.08. The molecule has 0 aliphatic carbocycles. The summed E-state index contributed by atoms with van der Waals surface area (Å²) >= 11 is 0. The van der Waals surface area contributed by atoms with E-state index in [0.29, 0.717) is 5.69 Å². The van der Waals surface area contributed by atoms with E-state index in [9.17, 15) is 31.1 Å². The fraction of sp³-hybridized carbons (Fsp3) is 0.500. The van der Waals surface area contributed by atoms with Crippen molar-refractivity contribution in [2.24, 2.45) is 4.99 Å². The molecule has 1 aliphatic rings. The number of nitrogens with two attached hydrogens (primary N) is 1. The van der Waals surface area contributed by atoms with Gasteiger partial charge in [0.05, 0.1) is 18.8 Å². The SMILES string of the molecule is CCOC(=O)NC([NH2+]CC[C@@H]1C=Nc2ccccc21)(C(F)(F)F)C(F)(F)F. The molecule has 0 bridgehead atoms. The van der Waals surface area contributed by atoms with Crippen LogP contribution in [0, 0.1) is 0 Å². The molecule has 0 aromatic heterocycles.